The number of aromatic hydroxyl groups is 1. The minimum Gasteiger partial charge on any atom is -0.508 e. The summed E-state index contributed by atoms with van der Waals surface area (Å²) in [5.74, 6) is -4.64. The van der Waals surface area contributed by atoms with Gasteiger partial charge in [-0.25, -0.2) is 4.98 Å². The van der Waals surface area contributed by atoms with Crippen LogP contribution in [-0.2, 0) is 19.2 Å². The fraction of sp³-hybridized carbons (Fsp3) is 0.265. The number of nitrogens with zero attached hydrogens (tertiary/aromatic N) is 3. The number of hydrogen-bond donors (Lipinski definition) is 1. The molecule has 3 heterocycles. The molecule has 8 rings (SSSR count). The molecule has 1 saturated carbocycles. The molecule has 0 spiro atoms. The van der Waals surface area contributed by atoms with E-state index >= 15 is 0 Å². The maximum atomic E-state index is 14.3. The first-order valence-electron chi connectivity index (χ1n) is 14.7. The van der Waals surface area contributed by atoms with Gasteiger partial charge in [-0.1, -0.05) is 51.8 Å². The van der Waals surface area contributed by atoms with Crippen LogP contribution in [0.4, 0.5) is 5.69 Å². The fourth-order valence-corrected chi connectivity index (χ4v) is 9.22. The lowest BCUT2D eigenvalue weighted by molar-refractivity contribution is -0.138. The second-order valence-electron chi connectivity index (χ2n) is 12.1. The van der Waals surface area contributed by atoms with E-state index in [2.05, 4.69) is 20.9 Å². The van der Waals surface area contributed by atoms with Gasteiger partial charge in [0, 0.05) is 11.5 Å². The SMILES string of the molecule is O=C1C2CC=C3C(CC4(Cl)C(=O)N(CBr)C(=O)C4(Cl)C3c3ccc(O)cc3)C2C(=O)N1c1ccc(-c2nc3ccccc3o2)cc1. The lowest BCUT2D eigenvalue weighted by atomic mass is 9.56. The van der Waals surface area contributed by atoms with Gasteiger partial charge in [0.1, 0.15) is 11.3 Å². The van der Waals surface area contributed by atoms with E-state index in [1.54, 1.807) is 36.4 Å². The van der Waals surface area contributed by atoms with Crippen molar-refractivity contribution in [1.29, 1.82) is 0 Å². The molecule has 9 nitrogen and oxygen atoms in total. The zero-order valence-electron chi connectivity index (χ0n) is 23.9. The molecule has 0 bridgehead atoms. The zero-order chi connectivity index (χ0) is 32.1. The number of halogens is 3. The van der Waals surface area contributed by atoms with Gasteiger partial charge in [0.25, 0.3) is 11.8 Å². The number of carbonyl (C=O) groups excluding carboxylic acids is 4. The third-order valence-corrected chi connectivity index (χ3v) is 11.8. The highest BCUT2D eigenvalue weighted by Gasteiger charge is 2.76. The average Bonchev–Trinajstić information content (AvgIpc) is 3.65. The largest absolute Gasteiger partial charge is 0.508 e. The highest BCUT2D eigenvalue weighted by atomic mass is 79.9. The summed E-state index contributed by atoms with van der Waals surface area (Å²) in [6.07, 6.45) is 2.03. The van der Waals surface area contributed by atoms with Crippen LogP contribution in [-0.4, -0.2) is 53.8 Å². The van der Waals surface area contributed by atoms with E-state index in [4.69, 9.17) is 27.6 Å². The van der Waals surface area contributed by atoms with Crippen LogP contribution in [0.1, 0.15) is 24.3 Å². The molecule has 46 heavy (non-hydrogen) atoms. The van der Waals surface area contributed by atoms with Crippen molar-refractivity contribution in [3.05, 3.63) is 90.0 Å². The summed E-state index contributed by atoms with van der Waals surface area (Å²) in [7, 11) is 0. The van der Waals surface area contributed by atoms with Crippen molar-refractivity contribution in [3.63, 3.8) is 0 Å². The number of rotatable bonds is 4. The normalized spacial score (nSPS) is 30.5. The van der Waals surface area contributed by atoms with Crippen LogP contribution in [0.3, 0.4) is 0 Å². The number of para-hydroxylation sites is 2. The first-order valence-corrected chi connectivity index (χ1v) is 16.6. The Hall–Kier alpha value is -3.99. The van der Waals surface area contributed by atoms with Crippen LogP contribution in [0.2, 0.25) is 0 Å². The number of imide groups is 2. The van der Waals surface area contributed by atoms with Crippen molar-refractivity contribution in [3.8, 4) is 17.2 Å². The van der Waals surface area contributed by atoms with E-state index in [0.29, 0.717) is 33.9 Å². The van der Waals surface area contributed by atoms with Crippen molar-refractivity contribution in [2.24, 2.45) is 17.8 Å². The summed E-state index contributed by atoms with van der Waals surface area (Å²) < 4.78 is 5.87. The van der Waals surface area contributed by atoms with Crippen LogP contribution in [0.15, 0.2) is 88.9 Å². The fourth-order valence-electron chi connectivity index (χ4n) is 7.80. The number of benzene rings is 3. The van der Waals surface area contributed by atoms with Crippen molar-refractivity contribution in [2.75, 3.05) is 10.4 Å². The molecule has 2 aliphatic heterocycles. The molecule has 4 amide bonds. The molecule has 1 N–H and O–H groups in total. The number of amides is 4. The van der Waals surface area contributed by atoms with E-state index < -0.39 is 51.1 Å². The van der Waals surface area contributed by atoms with Crippen LogP contribution >= 0.6 is 39.1 Å². The molecule has 0 radical (unpaired) electrons. The zero-order valence-corrected chi connectivity index (χ0v) is 27.0. The Labute approximate surface area is 280 Å². The molecule has 3 aromatic carbocycles. The summed E-state index contributed by atoms with van der Waals surface area (Å²) in [5.41, 5.74) is 3.61. The summed E-state index contributed by atoms with van der Waals surface area (Å²) in [6.45, 7) is 0. The van der Waals surface area contributed by atoms with Gasteiger partial charge >= 0.3 is 0 Å². The number of allylic oxidation sites excluding steroid dienone is 2. The highest BCUT2D eigenvalue weighted by molar-refractivity contribution is 9.09. The molecule has 2 saturated heterocycles. The van der Waals surface area contributed by atoms with Crippen molar-refractivity contribution in [2.45, 2.75) is 28.5 Å². The Morgan fingerprint density at radius 1 is 0.913 bits per heavy atom. The minimum atomic E-state index is -1.89. The molecular weight excluding hydrogens is 697 g/mol. The predicted molar refractivity (Wildman–Crippen MR) is 173 cm³/mol. The average molecular weight is 721 g/mol. The summed E-state index contributed by atoms with van der Waals surface area (Å²) in [6, 6.07) is 20.5. The van der Waals surface area contributed by atoms with Gasteiger partial charge in [-0.2, -0.15) is 0 Å². The summed E-state index contributed by atoms with van der Waals surface area (Å²) >= 11 is 17.7. The number of alkyl halides is 3. The van der Waals surface area contributed by atoms with Crippen LogP contribution < -0.4 is 4.90 Å². The Kier molecular flexibility index (Phi) is 6.56. The molecule has 232 valence electrons. The van der Waals surface area contributed by atoms with E-state index in [9.17, 15) is 24.3 Å². The Morgan fingerprint density at radius 2 is 1.63 bits per heavy atom. The van der Waals surface area contributed by atoms with E-state index in [-0.39, 0.29) is 30.0 Å². The van der Waals surface area contributed by atoms with Crippen molar-refractivity contribution >= 4 is 79.5 Å². The molecule has 1 aromatic heterocycles. The first kappa shape index (κ1) is 29.4. The molecule has 2 aliphatic carbocycles. The van der Waals surface area contributed by atoms with Crippen molar-refractivity contribution in [1.82, 2.24) is 9.88 Å². The summed E-state index contributed by atoms with van der Waals surface area (Å²) in [4.78, 5) is 58.7. The van der Waals surface area contributed by atoms with Crippen molar-refractivity contribution < 1.29 is 28.7 Å². The third-order valence-electron chi connectivity index (χ3n) is 9.91. The molecule has 4 aliphatic rings. The number of carbonyl (C=O) groups is 4. The Balaban J connectivity index is 1.18. The van der Waals surface area contributed by atoms with E-state index in [0.717, 1.165) is 10.4 Å². The van der Waals surface area contributed by atoms with Gasteiger partial charge in [-0.3, -0.25) is 29.0 Å². The molecular formula is C34H24BrCl2N3O6. The van der Waals surface area contributed by atoms with Gasteiger partial charge in [0.15, 0.2) is 15.3 Å². The highest BCUT2D eigenvalue weighted by Crippen LogP contribution is 2.65. The van der Waals surface area contributed by atoms with Gasteiger partial charge in [0.05, 0.1) is 23.0 Å². The Bertz CT molecular complexity index is 1980. The topological polar surface area (TPSA) is 121 Å². The lowest BCUT2D eigenvalue weighted by Crippen LogP contribution is -2.60. The maximum Gasteiger partial charge on any atom is 0.254 e. The number of phenolic OH excluding ortho intramolecular Hbond substituents is 1. The number of likely N-dealkylation sites (tertiary alicyclic amines) is 1. The maximum absolute atomic E-state index is 14.3. The van der Waals surface area contributed by atoms with Crippen LogP contribution in [0.25, 0.3) is 22.6 Å². The smallest absolute Gasteiger partial charge is 0.254 e. The van der Waals surface area contributed by atoms with Crippen LogP contribution in [0, 0.1) is 17.8 Å². The second-order valence-corrected chi connectivity index (χ2v) is 13.9. The third kappa shape index (κ3) is 3.83. The number of anilines is 1. The lowest BCUT2D eigenvalue weighted by Gasteiger charge is -2.50. The number of hydrogen-bond acceptors (Lipinski definition) is 7. The molecule has 4 aromatic rings. The summed E-state index contributed by atoms with van der Waals surface area (Å²) in [5, 5.41) is 10.00. The number of aromatic nitrogens is 1. The van der Waals surface area contributed by atoms with Gasteiger partial charge in [0.2, 0.25) is 17.7 Å². The quantitative estimate of drug-likeness (QED) is 0.117. The molecule has 12 heteroatoms. The molecule has 6 atom stereocenters. The van der Waals surface area contributed by atoms with E-state index in [1.165, 1.54) is 17.0 Å². The van der Waals surface area contributed by atoms with Crippen LogP contribution in [0.5, 0.6) is 5.75 Å². The number of fused-ring (bicyclic) bond motifs is 5. The molecule has 6 unspecified atom stereocenters. The first-order chi connectivity index (χ1) is 22.1. The van der Waals surface area contributed by atoms with E-state index in [1.807, 2.05) is 30.3 Å². The predicted octanol–water partition coefficient (Wildman–Crippen LogP) is 6.12. The standard InChI is InChI=1S/C34H24BrCl2N3O6/c35-16-39-31(44)33(36)15-23-21(27(34(33,37)32(39)45)17-7-11-20(41)12-8-17)13-14-22-26(23)30(43)40(29(22)42)19-9-5-18(6-10-19)28-38-24-3-1-2-4-25(24)46-28/h1-13,22-23,26-27,41H,14-16H2. The molecule has 3 fully saturated rings. The second kappa shape index (κ2) is 10.3. The van der Waals surface area contributed by atoms with Gasteiger partial charge in [-0.05, 0) is 72.9 Å². The van der Waals surface area contributed by atoms with Gasteiger partial charge < -0.3 is 9.52 Å². The monoisotopic (exact) mass is 719 g/mol. The van der Waals surface area contributed by atoms with Gasteiger partial charge in [-0.15, -0.1) is 23.2 Å². The number of phenols is 1. The minimum absolute atomic E-state index is 0.0137. The number of oxazole rings is 1. The Morgan fingerprint density at radius 3 is 2.33 bits per heavy atom.